The first-order valence-corrected chi connectivity index (χ1v) is 10.8. The van der Waals surface area contributed by atoms with Crippen LogP contribution in [-0.4, -0.2) is 7.38 Å². The molecule has 22 heavy (non-hydrogen) atoms. The molecule has 3 aromatic rings. The fourth-order valence-electron chi connectivity index (χ4n) is 2.82. The minimum Gasteiger partial charge on any atom is -0.155 e. The van der Waals surface area contributed by atoms with Crippen molar-refractivity contribution in [3.05, 3.63) is 96.6 Å². The Morgan fingerprint density at radius 2 is 1.00 bits per heavy atom. The first-order chi connectivity index (χ1) is 10.8. The molecular formula is C20H19ClSi. The lowest BCUT2D eigenvalue weighted by molar-refractivity contribution is 1.12. The lowest BCUT2D eigenvalue weighted by atomic mass is 10.2. The number of halogens is 1. The fraction of sp³-hybridized carbons (Fsp3) is 0.100. The molecule has 0 bridgehead atoms. The van der Waals surface area contributed by atoms with E-state index < -0.39 is 7.38 Å². The zero-order chi connectivity index (χ0) is 15.3. The molecule has 2 heteroatoms. The number of hydrogen-bond acceptors (Lipinski definition) is 0. The highest BCUT2D eigenvalue weighted by Gasteiger charge is 2.34. The van der Waals surface area contributed by atoms with Crippen LogP contribution in [-0.2, 0) is 6.42 Å². The Bertz CT molecular complexity index is 656. The summed E-state index contributed by atoms with van der Waals surface area (Å²) in [5.41, 5.74) is 1.35. The molecule has 0 amide bonds. The van der Waals surface area contributed by atoms with Crippen molar-refractivity contribution in [3.63, 3.8) is 0 Å². The van der Waals surface area contributed by atoms with Crippen LogP contribution in [0, 0.1) is 0 Å². The van der Waals surface area contributed by atoms with Gasteiger partial charge in [-0.15, -0.1) is 0 Å². The summed E-state index contributed by atoms with van der Waals surface area (Å²) >= 11 is 7.28. The van der Waals surface area contributed by atoms with Crippen LogP contribution in [0.2, 0.25) is 6.04 Å². The highest BCUT2D eigenvalue weighted by molar-refractivity contribution is 7.34. The third-order valence-electron chi connectivity index (χ3n) is 4.06. The van der Waals surface area contributed by atoms with Crippen molar-refractivity contribution in [1.82, 2.24) is 0 Å². The Labute approximate surface area is 138 Å². The van der Waals surface area contributed by atoms with E-state index in [1.807, 2.05) is 0 Å². The highest BCUT2D eigenvalue weighted by atomic mass is 35.6. The summed E-state index contributed by atoms with van der Waals surface area (Å²) < 4.78 is 0. The van der Waals surface area contributed by atoms with Gasteiger partial charge in [0.05, 0.1) is 0 Å². The molecule has 0 N–H and O–H groups in total. The zero-order valence-corrected chi connectivity index (χ0v) is 14.2. The summed E-state index contributed by atoms with van der Waals surface area (Å²) in [4.78, 5) is 0. The summed E-state index contributed by atoms with van der Waals surface area (Å²) in [6.45, 7) is 0. The molecule has 0 aliphatic heterocycles. The minimum absolute atomic E-state index is 1.01. The maximum absolute atomic E-state index is 7.28. The van der Waals surface area contributed by atoms with E-state index in [-0.39, 0.29) is 0 Å². The molecule has 0 aliphatic rings. The van der Waals surface area contributed by atoms with Crippen LogP contribution >= 0.6 is 11.1 Å². The quantitative estimate of drug-likeness (QED) is 0.487. The van der Waals surface area contributed by atoms with Gasteiger partial charge in [0.15, 0.2) is 0 Å². The van der Waals surface area contributed by atoms with Gasteiger partial charge in [0.2, 0.25) is 7.38 Å². The van der Waals surface area contributed by atoms with Crippen molar-refractivity contribution in [2.24, 2.45) is 0 Å². The zero-order valence-electron chi connectivity index (χ0n) is 12.5. The van der Waals surface area contributed by atoms with Gasteiger partial charge >= 0.3 is 0 Å². The molecule has 0 nitrogen and oxygen atoms in total. The van der Waals surface area contributed by atoms with Crippen LogP contribution in [0.1, 0.15) is 5.56 Å². The van der Waals surface area contributed by atoms with Gasteiger partial charge in [-0.2, -0.15) is 11.1 Å². The molecule has 0 atom stereocenters. The van der Waals surface area contributed by atoms with E-state index in [1.165, 1.54) is 15.9 Å². The topological polar surface area (TPSA) is 0 Å². The molecule has 0 saturated carbocycles. The fourth-order valence-corrected chi connectivity index (χ4v) is 6.85. The number of hydrogen-bond donors (Lipinski definition) is 0. The van der Waals surface area contributed by atoms with Crippen molar-refractivity contribution in [2.45, 2.75) is 12.5 Å². The third kappa shape index (κ3) is 3.32. The highest BCUT2D eigenvalue weighted by Crippen LogP contribution is 2.19. The molecule has 0 aromatic heterocycles. The van der Waals surface area contributed by atoms with E-state index in [0.29, 0.717) is 0 Å². The van der Waals surface area contributed by atoms with E-state index in [9.17, 15) is 0 Å². The Hall–Kier alpha value is -1.83. The molecule has 0 heterocycles. The molecule has 0 aliphatic carbocycles. The lowest BCUT2D eigenvalue weighted by Crippen LogP contribution is -2.53. The predicted molar refractivity (Wildman–Crippen MR) is 98.7 cm³/mol. The normalized spacial score (nSPS) is 11.3. The lowest BCUT2D eigenvalue weighted by Gasteiger charge is -2.26. The van der Waals surface area contributed by atoms with E-state index in [4.69, 9.17) is 11.1 Å². The van der Waals surface area contributed by atoms with Crippen LogP contribution in [0.4, 0.5) is 0 Å². The average molecular weight is 323 g/mol. The summed E-state index contributed by atoms with van der Waals surface area (Å²) in [6.07, 6.45) is 1.01. The van der Waals surface area contributed by atoms with Gasteiger partial charge in [-0.05, 0) is 28.4 Å². The minimum atomic E-state index is -2.21. The number of benzene rings is 3. The summed E-state index contributed by atoms with van der Waals surface area (Å²) in [5.74, 6) is 0. The van der Waals surface area contributed by atoms with Crippen LogP contribution in [0.3, 0.4) is 0 Å². The van der Waals surface area contributed by atoms with E-state index in [1.54, 1.807) is 0 Å². The largest absolute Gasteiger partial charge is 0.217 e. The van der Waals surface area contributed by atoms with Crippen LogP contribution in [0.15, 0.2) is 91.0 Å². The van der Waals surface area contributed by atoms with Crippen molar-refractivity contribution < 1.29 is 0 Å². The molecule has 3 rings (SSSR count). The maximum Gasteiger partial charge on any atom is 0.217 e. The maximum atomic E-state index is 7.28. The van der Waals surface area contributed by atoms with Gasteiger partial charge in [0, 0.05) is 0 Å². The molecule has 0 radical (unpaired) electrons. The summed E-state index contributed by atoms with van der Waals surface area (Å²) in [6, 6.07) is 32.8. The van der Waals surface area contributed by atoms with E-state index >= 15 is 0 Å². The Kier molecular flexibility index (Phi) is 4.76. The Morgan fingerprint density at radius 3 is 1.45 bits per heavy atom. The SMILES string of the molecule is Cl[Si](CCc1ccccc1)(c1ccccc1)c1ccccc1. The third-order valence-corrected chi connectivity index (χ3v) is 9.38. The van der Waals surface area contributed by atoms with Crippen molar-refractivity contribution >= 4 is 28.8 Å². The monoisotopic (exact) mass is 322 g/mol. The van der Waals surface area contributed by atoms with Gasteiger partial charge in [0.25, 0.3) is 0 Å². The van der Waals surface area contributed by atoms with Gasteiger partial charge in [-0.1, -0.05) is 91.0 Å². The van der Waals surface area contributed by atoms with Crippen molar-refractivity contribution in [1.29, 1.82) is 0 Å². The molecular weight excluding hydrogens is 304 g/mol. The van der Waals surface area contributed by atoms with Gasteiger partial charge in [-0.3, -0.25) is 0 Å². The Morgan fingerprint density at radius 1 is 0.591 bits per heavy atom. The van der Waals surface area contributed by atoms with Crippen molar-refractivity contribution in [2.75, 3.05) is 0 Å². The van der Waals surface area contributed by atoms with Crippen LogP contribution in [0.5, 0.6) is 0 Å². The molecule has 0 spiro atoms. The predicted octanol–water partition coefficient (Wildman–Crippen LogP) is 4.23. The van der Waals surface area contributed by atoms with Gasteiger partial charge in [-0.25, -0.2) is 0 Å². The van der Waals surface area contributed by atoms with E-state index in [0.717, 1.165) is 12.5 Å². The van der Waals surface area contributed by atoms with Crippen molar-refractivity contribution in [3.8, 4) is 0 Å². The van der Waals surface area contributed by atoms with E-state index in [2.05, 4.69) is 91.0 Å². The molecule has 110 valence electrons. The summed E-state index contributed by atoms with van der Waals surface area (Å²) in [5, 5.41) is 2.58. The van der Waals surface area contributed by atoms with Crippen LogP contribution < -0.4 is 10.4 Å². The second kappa shape index (κ2) is 6.95. The molecule has 3 aromatic carbocycles. The van der Waals surface area contributed by atoms with Gasteiger partial charge < -0.3 is 0 Å². The Balaban J connectivity index is 1.93. The second-order valence-corrected chi connectivity index (χ2v) is 10.7. The first-order valence-electron chi connectivity index (χ1n) is 7.63. The first kappa shape index (κ1) is 15.1. The molecule has 0 fully saturated rings. The smallest absolute Gasteiger partial charge is 0.155 e. The second-order valence-electron chi connectivity index (χ2n) is 5.52. The number of aryl methyl sites for hydroxylation is 1. The van der Waals surface area contributed by atoms with Gasteiger partial charge in [0.1, 0.15) is 0 Å². The molecule has 0 saturated heterocycles. The standard InChI is InChI=1S/C20H19ClSi/c21-22(19-12-6-2-7-13-19,20-14-8-3-9-15-20)17-16-18-10-4-1-5-11-18/h1-15H,16-17H2. The van der Waals surface area contributed by atoms with Crippen LogP contribution in [0.25, 0.3) is 0 Å². The number of rotatable bonds is 5. The summed E-state index contributed by atoms with van der Waals surface area (Å²) in [7, 11) is -2.21. The average Bonchev–Trinajstić information content (AvgIpc) is 2.62. The molecule has 0 unspecified atom stereocenters.